The van der Waals surface area contributed by atoms with Crippen LogP contribution in [-0.2, 0) is 28.6 Å². The molecule has 0 radical (unpaired) electrons. The summed E-state index contributed by atoms with van der Waals surface area (Å²) in [4.78, 5) is 37.5. The molecule has 0 aromatic heterocycles. The molecule has 1 unspecified atom stereocenters. The molecule has 0 N–H and O–H groups in total. The normalized spacial score (nSPS) is 11.8. The lowest BCUT2D eigenvalue weighted by Gasteiger charge is -2.18. The van der Waals surface area contributed by atoms with Crippen LogP contribution < -0.4 is 0 Å². The SMILES string of the molecule is CCCCCCCCCCCCCCCCCCCCCCC(=O)OCC(COC(=O)CCCCCCCCC)OC(=O)CCCCCCCCCCC. The highest BCUT2D eigenvalue weighted by atomic mass is 16.6. The van der Waals surface area contributed by atoms with Crippen molar-refractivity contribution in [3.63, 3.8) is 0 Å². The standard InChI is InChI=1S/C48H92O6/c1-4-7-10-13-16-18-19-20-21-22-23-24-25-26-27-28-30-32-35-38-41-47(50)53-44-45(43-52-46(49)40-37-34-31-15-12-9-6-3)54-48(51)42-39-36-33-29-17-14-11-8-5-2/h45H,4-44H2,1-3H3. The van der Waals surface area contributed by atoms with Gasteiger partial charge in [0.2, 0.25) is 0 Å². The van der Waals surface area contributed by atoms with Crippen LogP contribution in [0.5, 0.6) is 0 Å². The molecule has 0 rings (SSSR count). The van der Waals surface area contributed by atoms with Gasteiger partial charge >= 0.3 is 17.9 Å². The molecule has 54 heavy (non-hydrogen) atoms. The number of ether oxygens (including phenoxy) is 3. The Balaban J connectivity index is 4.10. The van der Waals surface area contributed by atoms with Gasteiger partial charge in [-0.05, 0) is 19.3 Å². The van der Waals surface area contributed by atoms with Crippen molar-refractivity contribution in [3.8, 4) is 0 Å². The third-order valence-corrected chi connectivity index (χ3v) is 10.9. The summed E-state index contributed by atoms with van der Waals surface area (Å²) in [5.41, 5.74) is 0. The van der Waals surface area contributed by atoms with Crippen molar-refractivity contribution in [3.05, 3.63) is 0 Å². The van der Waals surface area contributed by atoms with E-state index in [0.717, 1.165) is 57.8 Å². The molecule has 0 amide bonds. The highest BCUT2D eigenvalue weighted by Crippen LogP contribution is 2.16. The lowest BCUT2D eigenvalue weighted by Crippen LogP contribution is -2.30. The maximum atomic E-state index is 12.6. The molecule has 1 atom stereocenters. The molecule has 0 aliphatic heterocycles. The average Bonchev–Trinajstić information content (AvgIpc) is 3.17. The van der Waals surface area contributed by atoms with Gasteiger partial charge in [-0.25, -0.2) is 0 Å². The fourth-order valence-electron chi connectivity index (χ4n) is 7.21. The molecule has 320 valence electrons. The molecule has 0 aromatic rings. The average molecular weight is 765 g/mol. The van der Waals surface area contributed by atoms with Gasteiger partial charge < -0.3 is 14.2 Å². The maximum Gasteiger partial charge on any atom is 0.306 e. The first-order valence-electron chi connectivity index (χ1n) is 24.0. The zero-order valence-electron chi connectivity index (χ0n) is 36.5. The minimum atomic E-state index is -0.757. The number of carbonyl (C=O) groups is 3. The van der Waals surface area contributed by atoms with Crippen molar-refractivity contribution in [2.24, 2.45) is 0 Å². The number of esters is 3. The summed E-state index contributed by atoms with van der Waals surface area (Å²) in [6.45, 7) is 6.60. The molecule has 0 aliphatic rings. The number of rotatable bonds is 44. The van der Waals surface area contributed by atoms with Crippen LogP contribution in [0.2, 0.25) is 0 Å². The predicted octanol–water partition coefficient (Wildman–Crippen LogP) is 15.3. The lowest BCUT2D eigenvalue weighted by molar-refractivity contribution is -0.167. The number of hydrogen-bond donors (Lipinski definition) is 0. The summed E-state index contributed by atoms with van der Waals surface area (Å²) in [7, 11) is 0. The Labute approximate surface area is 336 Å². The third-order valence-electron chi connectivity index (χ3n) is 10.9. The second-order valence-electron chi connectivity index (χ2n) is 16.4. The van der Waals surface area contributed by atoms with E-state index in [1.165, 1.54) is 173 Å². The molecule has 0 saturated heterocycles. The van der Waals surface area contributed by atoms with E-state index in [1.54, 1.807) is 0 Å². The minimum absolute atomic E-state index is 0.0633. The molecule has 6 heteroatoms. The second kappa shape index (κ2) is 44.1. The van der Waals surface area contributed by atoms with Gasteiger partial charge in [-0.3, -0.25) is 14.4 Å². The van der Waals surface area contributed by atoms with E-state index in [0.29, 0.717) is 19.3 Å². The Morgan fingerprint density at radius 2 is 0.500 bits per heavy atom. The van der Waals surface area contributed by atoms with Crippen molar-refractivity contribution < 1.29 is 28.6 Å². The maximum absolute atomic E-state index is 12.6. The van der Waals surface area contributed by atoms with E-state index in [1.807, 2.05) is 0 Å². The van der Waals surface area contributed by atoms with E-state index >= 15 is 0 Å². The highest BCUT2D eigenvalue weighted by Gasteiger charge is 2.19. The largest absolute Gasteiger partial charge is 0.462 e. The zero-order chi connectivity index (χ0) is 39.4. The number of unbranched alkanes of at least 4 members (excludes halogenated alkanes) is 33. The van der Waals surface area contributed by atoms with Crippen LogP contribution in [0.4, 0.5) is 0 Å². The van der Waals surface area contributed by atoms with E-state index in [9.17, 15) is 14.4 Å². The first-order valence-corrected chi connectivity index (χ1v) is 24.0. The highest BCUT2D eigenvalue weighted by molar-refractivity contribution is 5.71. The quantitative estimate of drug-likeness (QED) is 0.0349. The van der Waals surface area contributed by atoms with Crippen LogP contribution in [0.3, 0.4) is 0 Å². The topological polar surface area (TPSA) is 78.9 Å². The summed E-state index contributed by atoms with van der Waals surface area (Å²) >= 11 is 0. The molecule has 0 spiro atoms. The van der Waals surface area contributed by atoms with Crippen molar-refractivity contribution in [2.75, 3.05) is 13.2 Å². The molecule has 0 bridgehead atoms. The van der Waals surface area contributed by atoms with E-state index < -0.39 is 6.10 Å². The summed E-state index contributed by atoms with van der Waals surface area (Å²) in [6, 6.07) is 0. The van der Waals surface area contributed by atoms with Gasteiger partial charge in [0.1, 0.15) is 13.2 Å². The van der Waals surface area contributed by atoms with Crippen molar-refractivity contribution in [1.29, 1.82) is 0 Å². The summed E-state index contributed by atoms with van der Waals surface area (Å²) < 4.78 is 16.7. The number of hydrogen-bond acceptors (Lipinski definition) is 6. The summed E-state index contributed by atoms with van der Waals surface area (Å²) in [5, 5.41) is 0. The first kappa shape index (κ1) is 52.4. The van der Waals surface area contributed by atoms with Gasteiger partial charge in [0.15, 0.2) is 6.10 Å². The van der Waals surface area contributed by atoms with Crippen molar-refractivity contribution in [1.82, 2.24) is 0 Å². The summed E-state index contributed by atoms with van der Waals surface area (Å²) in [6.07, 6.45) is 45.4. The van der Waals surface area contributed by atoms with Crippen LogP contribution >= 0.6 is 0 Å². The fourth-order valence-corrected chi connectivity index (χ4v) is 7.21. The lowest BCUT2D eigenvalue weighted by atomic mass is 10.0. The van der Waals surface area contributed by atoms with Gasteiger partial charge in [-0.2, -0.15) is 0 Å². The van der Waals surface area contributed by atoms with Crippen LogP contribution in [0.15, 0.2) is 0 Å². The Hall–Kier alpha value is -1.59. The van der Waals surface area contributed by atoms with Gasteiger partial charge in [0.05, 0.1) is 0 Å². The van der Waals surface area contributed by atoms with Crippen LogP contribution in [0, 0.1) is 0 Å². The second-order valence-corrected chi connectivity index (χ2v) is 16.4. The van der Waals surface area contributed by atoms with Gasteiger partial charge in [-0.1, -0.05) is 233 Å². The molecule has 6 nitrogen and oxygen atoms in total. The third kappa shape index (κ3) is 41.6. The van der Waals surface area contributed by atoms with Crippen LogP contribution in [0.25, 0.3) is 0 Å². The van der Waals surface area contributed by atoms with Crippen molar-refractivity contribution in [2.45, 2.75) is 277 Å². The number of carbonyl (C=O) groups excluding carboxylic acids is 3. The van der Waals surface area contributed by atoms with Gasteiger partial charge in [-0.15, -0.1) is 0 Å². The van der Waals surface area contributed by atoms with Gasteiger partial charge in [0.25, 0.3) is 0 Å². The Kier molecular flexibility index (Phi) is 42.8. The predicted molar refractivity (Wildman–Crippen MR) is 229 cm³/mol. The van der Waals surface area contributed by atoms with E-state index in [2.05, 4.69) is 20.8 Å². The molecule has 0 aromatic carbocycles. The molecule has 0 aliphatic carbocycles. The van der Waals surface area contributed by atoms with Crippen molar-refractivity contribution >= 4 is 17.9 Å². The Bertz CT molecular complexity index is 798. The van der Waals surface area contributed by atoms with Gasteiger partial charge in [0, 0.05) is 19.3 Å². The molecular weight excluding hydrogens is 673 g/mol. The monoisotopic (exact) mass is 765 g/mol. The van der Waals surface area contributed by atoms with Crippen LogP contribution in [-0.4, -0.2) is 37.2 Å². The first-order chi connectivity index (χ1) is 26.5. The Morgan fingerprint density at radius 3 is 0.741 bits per heavy atom. The zero-order valence-corrected chi connectivity index (χ0v) is 36.5. The molecule has 0 saturated carbocycles. The minimum Gasteiger partial charge on any atom is -0.462 e. The van der Waals surface area contributed by atoms with E-state index in [4.69, 9.17) is 14.2 Å². The smallest absolute Gasteiger partial charge is 0.306 e. The molecule has 0 fully saturated rings. The molecule has 0 heterocycles. The van der Waals surface area contributed by atoms with Crippen LogP contribution in [0.1, 0.15) is 271 Å². The molecular formula is C48H92O6. The Morgan fingerprint density at radius 1 is 0.296 bits per heavy atom. The fraction of sp³-hybridized carbons (Fsp3) is 0.938. The van der Waals surface area contributed by atoms with E-state index in [-0.39, 0.29) is 31.1 Å². The summed E-state index contributed by atoms with van der Waals surface area (Å²) in [5.74, 6) is -0.859.